The molecule has 0 unspecified atom stereocenters. The standard InChI is InChI=1S/C18H28N2O3S/c1-14(2)17(18(21)20-10-5-4-6-11-20)19-24(22,23)13-16-9-7-8-15(3)12-16/h7-9,12,14,17,19H,4-6,10-11,13H2,1-3H3/t17-/m0/s1. The van der Waals surface area contributed by atoms with Crippen molar-refractivity contribution in [2.24, 2.45) is 5.92 Å². The molecule has 1 aliphatic heterocycles. The van der Waals surface area contributed by atoms with Gasteiger partial charge in [-0.2, -0.15) is 0 Å². The number of sulfonamides is 1. The predicted octanol–water partition coefficient (Wildman–Crippen LogP) is 2.45. The first-order valence-corrected chi connectivity index (χ1v) is 10.3. The Morgan fingerprint density at radius 1 is 1.21 bits per heavy atom. The van der Waals surface area contributed by atoms with Crippen LogP contribution < -0.4 is 4.72 Å². The molecule has 1 heterocycles. The van der Waals surface area contributed by atoms with Crippen molar-refractivity contribution in [3.63, 3.8) is 0 Å². The van der Waals surface area contributed by atoms with E-state index < -0.39 is 16.1 Å². The second-order valence-electron chi connectivity index (χ2n) is 6.97. The van der Waals surface area contributed by atoms with Crippen LogP contribution >= 0.6 is 0 Å². The van der Waals surface area contributed by atoms with Crippen LogP contribution in [0.25, 0.3) is 0 Å². The Bertz CT molecular complexity index is 665. The second-order valence-corrected chi connectivity index (χ2v) is 8.73. The molecular formula is C18H28N2O3S. The van der Waals surface area contributed by atoms with Crippen molar-refractivity contribution in [3.05, 3.63) is 35.4 Å². The highest BCUT2D eigenvalue weighted by atomic mass is 32.2. The molecule has 0 radical (unpaired) electrons. The first-order chi connectivity index (χ1) is 11.3. The Morgan fingerprint density at radius 3 is 2.46 bits per heavy atom. The Morgan fingerprint density at radius 2 is 1.88 bits per heavy atom. The first-order valence-electron chi connectivity index (χ1n) is 8.63. The molecule has 0 aromatic heterocycles. The van der Waals surface area contributed by atoms with E-state index in [1.807, 2.05) is 39.0 Å². The summed E-state index contributed by atoms with van der Waals surface area (Å²) in [6.45, 7) is 7.13. The minimum Gasteiger partial charge on any atom is -0.341 e. The highest BCUT2D eigenvalue weighted by Gasteiger charge is 2.31. The normalized spacial score (nSPS) is 17.1. The lowest BCUT2D eigenvalue weighted by Crippen LogP contribution is -2.52. The maximum atomic E-state index is 12.7. The van der Waals surface area contributed by atoms with E-state index in [0.717, 1.165) is 43.5 Å². The van der Waals surface area contributed by atoms with Gasteiger partial charge in [0.15, 0.2) is 0 Å². The van der Waals surface area contributed by atoms with Crippen molar-refractivity contribution < 1.29 is 13.2 Å². The van der Waals surface area contributed by atoms with Crippen LogP contribution in [0.1, 0.15) is 44.2 Å². The van der Waals surface area contributed by atoms with Gasteiger partial charge in [0, 0.05) is 13.1 Å². The fraction of sp³-hybridized carbons (Fsp3) is 0.611. The Hall–Kier alpha value is -1.40. The predicted molar refractivity (Wildman–Crippen MR) is 96.0 cm³/mol. The van der Waals surface area contributed by atoms with Gasteiger partial charge in [-0.3, -0.25) is 4.79 Å². The van der Waals surface area contributed by atoms with E-state index in [1.165, 1.54) is 0 Å². The van der Waals surface area contributed by atoms with Gasteiger partial charge in [0.25, 0.3) is 0 Å². The highest BCUT2D eigenvalue weighted by molar-refractivity contribution is 7.88. The number of piperidine rings is 1. The van der Waals surface area contributed by atoms with E-state index in [0.29, 0.717) is 0 Å². The SMILES string of the molecule is Cc1cccc(CS(=O)(=O)N[C@H](C(=O)N2CCCCC2)C(C)C)c1. The molecule has 0 bridgehead atoms. The molecule has 5 nitrogen and oxygen atoms in total. The molecule has 2 rings (SSSR count). The van der Waals surface area contributed by atoms with Crippen LogP contribution in [-0.4, -0.2) is 38.4 Å². The molecule has 1 N–H and O–H groups in total. The molecule has 0 saturated carbocycles. The Labute approximate surface area is 145 Å². The van der Waals surface area contributed by atoms with Crippen LogP contribution in [0.2, 0.25) is 0 Å². The molecular weight excluding hydrogens is 324 g/mol. The number of amides is 1. The maximum absolute atomic E-state index is 12.7. The van der Waals surface area contributed by atoms with Crippen LogP contribution in [0.15, 0.2) is 24.3 Å². The van der Waals surface area contributed by atoms with E-state index in [4.69, 9.17) is 0 Å². The van der Waals surface area contributed by atoms with Gasteiger partial charge in [0.1, 0.15) is 6.04 Å². The molecule has 1 atom stereocenters. The van der Waals surface area contributed by atoms with Crippen LogP contribution in [-0.2, 0) is 20.6 Å². The number of rotatable bonds is 6. The van der Waals surface area contributed by atoms with Gasteiger partial charge in [0.2, 0.25) is 15.9 Å². The van der Waals surface area contributed by atoms with E-state index in [2.05, 4.69) is 4.72 Å². The number of carbonyl (C=O) groups is 1. The van der Waals surface area contributed by atoms with Crippen molar-refractivity contribution in [2.75, 3.05) is 13.1 Å². The number of aryl methyl sites for hydroxylation is 1. The first kappa shape index (κ1) is 18.9. The number of carbonyl (C=O) groups excluding carboxylic acids is 1. The molecule has 1 saturated heterocycles. The summed E-state index contributed by atoms with van der Waals surface area (Å²) < 4.78 is 27.7. The monoisotopic (exact) mass is 352 g/mol. The molecule has 24 heavy (non-hydrogen) atoms. The lowest BCUT2D eigenvalue weighted by molar-refractivity contribution is -0.134. The summed E-state index contributed by atoms with van der Waals surface area (Å²) >= 11 is 0. The number of likely N-dealkylation sites (tertiary alicyclic amines) is 1. The minimum absolute atomic E-state index is 0.0910. The largest absolute Gasteiger partial charge is 0.341 e. The van der Waals surface area contributed by atoms with Crippen LogP contribution in [0.5, 0.6) is 0 Å². The maximum Gasteiger partial charge on any atom is 0.241 e. The number of hydrogen-bond donors (Lipinski definition) is 1. The minimum atomic E-state index is -3.58. The summed E-state index contributed by atoms with van der Waals surface area (Å²) in [5, 5.41) is 0. The molecule has 1 fully saturated rings. The molecule has 6 heteroatoms. The molecule has 1 aromatic rings. The summed E-state index contributed by atoms with van der Waals surface area (Å²) in [5.41, 5.74) is 1.75. The molecule has 0 aliphatic carbocycles. The topological polar surface area (TPSA) is 66.5 Å². The zero-order valence-electron chi connectivity index (χ0n) is 14.8. The third-order valence-electron chi connectivity index (χ3n) is 4.35. The van der Waals surface area contributed by atoms with Gasteiger partial charge >= 0.3 is 0 Å². The molecule has 1 amide bonds. The summed E-state index contributed by atoms with van der Waals surface area (Å²) in [6, 6.07) is 6.73. The summed E-state index contributed by atoms with van der Waals surface area (Å²) in [7, 11) is -3.58. The van der Waals surface area contributed by atoms with Crippen molar-refractivity contribution >= 4 is 15.9 Å². The molecule has 1 aliphatic rings. The number of hydrogen-bond acceptors (Lipinski definition) is 3. The van der Waals surface area contributed by atoms with Crippen LogP contribution in [0, 0.1) is 12.8 Å². The van der Waals surface area contributed by atoms with Gasteiger partial charge in [-0.25, -0.2) is 13.1 Å². The van der Waals surface area contributed by atoms with Crippen molar-refractivity contribution in [3.8, 4) is 0 Å². The average molecular weight is 353 g/mol. The fourth-order valence-electron chi connectivity index (χ4n) is 3.04. The van der Waals surface area contributed by atoms with E-state index in [-0.39, 0.29) is 17.6 Å². The molecule has 0 spiro atoms. The average Bonchev–Trinajstić information content (AvgIpc) is 2.52. The zero-order valence-corrected chi connectivity index (χ0v) is 15.6. The zero-order chi connectivity index (χ0) is 17.7. The van der Waals surface area contributed by atoms with Crippen molar-refractivity contribution in [1.29, 1.82) is 0 Å². The quantitative estimate of drug-likeness (QED) is 0.855. The molecule has 134 valence electrons. The summed E-state index contributed by atoms with van der Waals surface area (Å²) in [4.78, 5) is 14.5. The summed E-state index contributed by atoms with van der Waals surface area (Å²) in [6.07, 6.45) is 3.12. The fourth-order valence-corrected chi connectivity index (χ4v) is 4.50. The molecule has 1 aromatic carbocycles. The van der Waals surface area contributed by atoms with Gasteiger partial charge < -0.3 is 4.90 Å². The van der Waals surface area contributed by atoms with Crippen molar-refractivity contribution in [1.82, 2.24) is 9.62 Å². The van der Waals surface area contributed by atoms with Gasteiger partial charge in [-0.1, -0.05) is 43.7 Å². The lowest BCUT2D eigenvalue weighted by Gasteiger charge is -2.32. The number of nitrogens with one attached hydrogen (secondary N) is 1. The third kappa shape index (κ3) is 5.31. The number of nitrogens with zero attached hydrogens (tertiary/aromatic N) is 1. The van der Waals surface area contributed by atoms with Gasteiger partial charge in [-0.05, 0) is 37.7 Å². The summed E-state index contributed by atoms with van der Waals surface area (Å²) in [5.74, 6) is -0.297. The lowest BCUT2D eigenvalue weighted by atomic mass is 10.0. The van der Waals surface area contributed by atoms with E-state index in [9.17, 15) is 13.2 Å². The highest BCUT2D eigenvalue weighted by Crippen LogP contribution is 2.15. The van der Waals surface area contributed by atoms with Gasteiger partial charge in [-0.15, -0.1) is 0 Å². The Balaban J connectivity index is 2.09. The van der Waals surface area contributed by atoms with Crippen LogP contribution in [0.4, 0.5) is 0 Å². The van der Waals surface area contributed by atoms with Crippen LogP contribution in [0.3, 0.4) is 0 Å². The van der Waals surface area contributed by atoms with Crippen molar-refractivity contribution in [2.45, 2.75) is 51.8 Å². The third-order valence-corrected chi connectivity index (χ3v) is 5.67. The van der Waals surface area contributed by atoms with E-state index in [1.54, 1.807) is 11.0 Å². The van der Waals surface area contributed by atoms with E-state index >= 15 is 0 Å². The smallest absolute Gasteiger partial charge is 0.241 e. The number of benzene rings is 1. The second kappa shape index (κ2) is 8.12. The Kier molecular flexibility index (Phi) is 6.40. The van der Waals surface area contributed by atoms with Gasteiger partial charge in [0.05, 0.1) is 5.75 Å².